The molecular formula is C21H19Cl2NO4S2. The Hall–Kier alpha value is -2.06. The van der Waals surface area contributed by atoms with Crippen LogP contribution in [-0.2, 0) is 11.3 Å². The summed E-state index contributed by atoms with van der Waals surface area (Å²) in [7, 11) is 0. The zero-order valence-electron chi connectivity index (χ0n) is 15.9. The molecule has 0 saturated carbocycles. The Labute approximate surface area is 192 Å². The number of unbranched alkanes of at least 4 members (excludes halogenated alkanes) is 2. The molecule has 9 heteroatoms. The smallest absolute Gasteiger partial charge is 0.303 e. The van der Waals surface area contributed by atoms with Gasteiger partial charge in [-0.2, -0.15) is 0 Å². The lowest BCUT2D eigenvalue weighted by Crippen LogP contribution is -1.99. The standard InChI is InChI=1S/C21H19Cl2NO4S2/c1-12(16-8-9-17(28-16)13-6-7-14(22)15(23)11-13)19-20(27)24(21(29)30-19)10-4-2-3-5-18(25)26/h6-9,11,27H,1-5,10H2,(H,25,26). The maximum Gasteiger partial charge on any atom is 0.303 e. The van der Waals surface area contributed by atoms with Crippen molar-refractivity contribution in [1.29, 1.82) is 0 Å². The van der Waals surface area contributed by atoms with Crippen LogP contribution in [0.5, 0.6) is 5.88 Å². The molecule has 0 radical (unpaired) electrons. The molecule has 0 bridgehead atoms. The normalized spacial score (nSPS) is 11.0. The molecule has 3 aromatic rings. The van der Waals surface area contributed by atoms with Gasteiger partial charge < -0.3 is 14.6 Å². The molecule has 2 N–H and O–H groups in total. The van der Waals surface area contributed by atoms with Crippen LogP contribution in [0, 0.1) is 3.95 Å². The van der Waals surface area contributed by atoms with Gasteiger partial charge >= 0.3 is 5.97 Å². The molecule has 0 aliphatic carbocycles. The van der Waals surface area contributed by atoms with Crippen molar-refractivity contribution in [3.63, 3.8) is 0 Å². The Bertz CT molecular complexity index is 1150. The van der Waals surface area contributed by atoms with Crippen LogP contribution in [0.25, 0.3) is 16.9 Å². The van der Waals surface area contributed by atoms with E-state index in [9.17, 15) is 9.90 Å². The molecule has 1 aromatic carbocycles. The summed E-state index contributed by atoms with van der Waals surface area (Å²) in [6, 6.07) is 8.80. The summed E-state index contributed by atoms with van der Waals surface area (Å²) < 4.78 is 8.08. The highest BCUT2D eigenvalue weighted by atomic mass is 35.5. The first-order valence-electron chi connectivity index (χ1n) is 9.17. The number of halogens is 2. The Kier molecular flexibility index (Phi) is 7.41. The summed E-state index contributed by atoms with van der Waals surface area (Å²) in [6.07, 6.45) is 2.20. The molecule has 0 aliphatic heterocycles. The van der Waals surface area contributed by atoms with Gasteiger partial charge in [0.15, 0.2) is 3.95 Å². The summed E-state index contributed by atoms with van der Waals surface area (Å²) in [5, 5.41) is 20.3. The Morgan fingerprint density at radius 3 is 2.63 bits per heavy atom. The third-order valence-corrected chi connectivity index (χ3v) is 6.76. The number of nitrogens with zero attached hydrogens (tertiary/aromatic N) is 1. The quantitative estimate of drug-likeness (QED) is 0.247. The Morgan fingerprint density at radius 1 is 1.17 bits per heavy atom. The highest BCUT2D eigenvalue weighted by molar-refractivity contribution is 7.73. The summed E-state index contributed by atoms with van der Waals surface area (Å²) >= 11 is 18.7. The van der Waals surface area contributed by atoms with E-state index in [4.69, 9.17) is 44.9 Å². The lowest BCUT2D eigenvalue weighted by atomic mass is 10.2. The molecule has 0 saturated heterocycles. The first-order chi connectivity index (χ1) is 14.3. The van der Waals surface area contributed by atoms with Gasteiger partial charge in [0.05, 0.1) is 10.0 Å². The fraction of sp³-hybridized carbons (Fsp3) is 0.238. The number of thiazole rings is 1. The molecule has 30 heavy (non-hydrogen) atoms. The minimum Gasteiger partial charge on any atom is -0.493 e. The van der Waals surface area contributed by atoms with Crippen molar-refractivity contribution in [2.24, 2.45) is 0 Å². The van der Waals surface area contributed by atoms with Gasteiger partial charge in [-0.3, -0.25) is 9.36 Å². The maximum absolute atomic E-state index is 10.7. The minimum atomic E-state index is -0.803. The van der Waals surface area contributed by atoms with Gasteiger partial charge in [-0.1, -0.05) is 36.2 Å². The number of rotatable bonds is 9. The fourth-order valence-electron chi connectivity index (χ4n) is 2.93. The molecule has 3 rings (SSSR count). The Balaban J connectivity index is 1.74. The molecule has 158 valence electrons. The maximum atomic E-state index is 10.7. The van der Waals surface area contributed by atoms with E-state index < -0.39 is 5.97 Å². The largest absolute Gasteiger partial charge is 0.493 e. The van der Waals surface area contributed by atoms with E-state index in [-0.39, 0.29) is 12.3 Å². The predicted molar refractivity (Wildman–Crippen MR) is 123 cm³/mol. The van der Waals surface area contributed by atoms with Crippen molar-refractivity contribution in [1.82, 2.24) is 4.57 Å². The number of aromatic hydroxyl groups is 1. The predicted octanol–water partition coefficient (Wildman–Crippen LogP) is 7.26. The number of benzene rings is 1. The van der Waals surface area contributed by atoms with Crippen LogP contribution in [-0.4, -0.2) is 20.7 Å². The summed E-state index contributed by atoms with van der Waals surface area (Å²) in [5.41, 5.74) is 1.30. The summed E-state index contributed by atoms with van der Waals surface area (Å²) in [4.78, 5) is 11.1. The average molecular weight is 484 g/mol. The number of carboxylic acids is 1. The van der Waals surface area contributed by atoms with Gasteiger partial charge in [0.1, 0.15) is 16.4 Å². The molecule has 2 heterocycles. The number of aromatic nitrogens is 1. The van der Waals surface area contributed by atoms with Gasteiger partial charge in [0, 0.05) is 24.1 Å². The number of aliphatic carboxylic acids is 1. The van der Waals surface area contributed by atoms with Crippen molar-refractivity contribution in [3.05, 3.63) is 61.5 Å². The number of carboxylic acid groups (broad SMARTS) is 1. The molecule has 0 aliphatic rings. The van der Waals surface area contributed by atoms with Crippen molar-refractivity contribution in [3.8, 4) is 17.2 Å². The van der Waals surface area contributed by atoms with Crippen LogP contribution in [0.1, 0.15) is 36.3 Å². The zero-order valence-corrected chi connectivity index (χ0v) is 19.0. The highest BCUT2D eigenvalue weighted by Gasteiger charge is 2.18. The van der Waals surface area contributed by atoms with Gasteiger partial charge in [-0.25, -0.2) is 0 Å². The highest BCUT2D eigenvalue weighted by Crippen LogP contribution is 2.38. The van der Waals surface area contributed by atoms with Crippen LogP contribution in [0.4, 0.5) is 0 Å². The monoisotopic (exact) mass is 483 g/mol. The van der Waals surface area contributed by atoms with E-state index in [1.54, 1.807) is 28.8 Å². The van der Waals surface area contributed by atoms with Crippen molar-refractivity contribution in [2.45, 2.75) is 32.2 Å². The lowest BCUT2D eigenvalue weighted by Gasteiger charge is -2.06. The second-order valence-corrected chi connectivity index (χ2v) is 9.11. The lowest BCUT2D eigenvalue weighted by molar-refractivity contribution is -0.137. The molecular weight excluding hydrogens is 465 g/mol. The molecule has 0 fully saturated rings. The summed E-state index contributed by atoms with van der Waals surface area (Å²) in [6.45, 7) is 4.58. The van der Waals surface area contributed by atoms with Gasteiger partial charge in [0.25, 0.3) is 0 Å². The van der Waals surface area contributed by atoms with Gasteiger partial charge in [0.2, 0.25) is 5.88 Å². The molecule has 0 amide bonds. The van der Waals surface area contributed by atoms with E-state index >= 15 is 0 Å². The van der Waals surface area contributed by atoms with E-state index in [0.29, 0.717) is 48.9 Å². The van der Waals surface area contributed by atoms with Crippen molar-refractivity contribution < 1.29 is 19.4 Å². The van der Waals surface area contributed by atoms with E-state index in [0.717, 1.165) is 18.4 Å². The van der Waals surface area contributed by atoms with Crippen LogP contribution in [0.2, 0.25) is 10.0 Å². The molecule has 2 aromatic heterocycles. The zero-order chi connectivity index (χ0) is 21.8. The molecule has 0 spiro atoms. The Morgan fingerprint density at radius 2 is 1.93 bits per heavy atom. The number of hydrogen-bond acceptors (Lipinski definition) is 5. The second-order valence-electron chi connectivity index (χ2n) is 6.65. The van der Waals surface area contributed by atoms with Crippen LogP contribution < -0.4 is 0 Å². The topological polar surface area (TPSA) is 75.6 Å². The fourth-order valence-corrected chi connectivity index (χ4v) is 4.54. The number of hydrogen-bond donors (Lipinski definition) is 2. The van der Waals surface area contributed by atoms with Crippen LogP contribution in [0.15, 0.2) is 41.3 Å². The van der Waals surface area contributed by atoms with Crippen LogP contribution in [0.3, 0.4) is 0 Å². The van der Waals surface area contributed by atoms with Gasteiger partial charge in [-0.15, -0.1) is 11.3 Å². The molecule has 5 nitrogen and oxygen atoms in total. The van der Waals surface area contributed by atoms with Crippen molar-refractivity contribution >= 4 is 58.3 Å². The van der Waals surface area contributed by atoms with E-state index in [2.05, 4.69) is 6.58 Å². The second kappa shape index (κ2) is 9.83. The number of furan rings is 1. The SMILES string of the molecule is C=C(c1ccc(-c2ccc(Cl)c(Cl)c2)o1)c1sc(=S)n(CCCCCC(=O)O)c1O. The first-order valence-corrected chi connectivity index (χ1v) is 11.1. The minimum absolute atomic E-state index is 0.0423. The average Bonchev–Trinajstić information content (AvgIpc) is 3.29. The molecule has 0 unspecified atom stereocenters. The van der Waals surface area contributed by atoms with Crippen LogP contribution >= 0.6 is 46.8 Å². The van der Waals surface area contributed by atoms with Gasteiger partial charge in [-0.05, 0) is 55.4 Å². The molecule has 0 atom stereocenters. The number of carbonyl (C=O) groups is 1. The van der Waals surface area contributed by atoms with E-state index in [1.165, 1.54) is 11.3 Å². The van der Waals surface area contributed by atoms with E-state index in [1.807, 2.05) is 6.07 Å². The summed E-state index contributed by atoms with van der Waals surface area (Å²) in [5.74, 6) is 0.352. The third kappa shape index (κ3) is 5.16. The third-order valence-electron chi connectivity index (χ3n) is 4.52. The first kappa shape index (κ1) is 22.6. The van der Waals surface area contributed by atoms with Crippen molar-refractivity contribution in [2.75, 3.05) is 0 Å².